The Morgan fingerprint density at radius 2 is 1.92 bits per heavy atom. The molecule has 0 aliphatic rings. The molecular formula is C18H21N3O3. The van der Waals surface area contributed by atoms with Gasteiger partial charge in [0.1, 0.15) is 11.5 Å². The lowest BCUT2D eigenvalue weighted by molar-refractivity contribution is -0.119. The maximum absolute atomic E-state index is 11.8. The predicted octanol–water partition coefficient (Wildman–Crippen LogP) is 2.66. The number of carbonyl (C=O) groups excluding carboxylic acids is 1. The van der Waals surface area contributed by atoms with Crippen LogP contribution in [-0.4, -0.2) is 32.4 Å². The van der Waals surface area contributed by atoms with Crippen molar-refractivity contribution in [1.29, 1.82) is 0 Å². The molecule has 0 fully saturated rings. The molecule has 2 aromatic rings. The fourth-order valence-electron chi connectivity index (χ4n) is 2.00. The molecule has 2 N–H and O–H groups in total. The summed E-state index contributed by atoms with van der Waals surface area (Å²) in [6, 6.07) is 14.8. The number of anilines is 1. The van der Waals surface area contributed by atoms with Gasteiger partial charge in [-0.2, -0.15) is 5.10 Å². The SMILES string of the molecule is CCOc1ccc(NCC(=O)N/N=C/c2ccccc2OC)cc1. The van der Waals surface area contributed by atoms with E-state index in [1.165, 1.54) is 0 Å². The van der Waals surface area contributed by atoms with Crippen LogP contribution in [0.4, 0.5) is 5.69 Å². The number of benzene rings is 2. The molecule has 6 heteroatoms. The van der Waals surface area contributed by atoms with Crippen LogP contribution in [0, 0.1) is 0 Å². The Hall–Kier alpha value is -3.02. The lowest BCUT2D eigenvalue weighted by atomic mass is 10.2. The Kier molecular flexibility index (Phi) is 6.64. The zero-order valence-corrected chi connectivity index (χ0v) is 13.8. The standard InChI is InChI=1S/C18H21N3O3/c1-3-24-16-10-8-15(9-11-16)19-13-18(22)21-20-12-14-6-4-5-7-17(14)23-2/h4-12,19H,3,13H2,1-2H3,(H,21,22)/b20-12+. The number of amides is 1. The predicted molar refractivity (Wildman–Crippen MR) is 94.8 cm³/mol. The van der Waals surface area contributed by atoms with Crippen LogP contribution in [0.1, 0.15) is 12.5 Å². The van der Waals surface area contributed by atoms with Gasteiger partial charge in [0.25, 0.3) is 5.91 Å². The van der Waals surface area contributed by atoms with Gasteiger partial charge in [0.2, 0.25) is 0 Å². The van der Waals surface area contributed by atoms with Gasteiger partial charge in [-0.3, -0.25) is 4.79 Å². The number of ether oxygens (including phenoxy) is 2. The molecule has 1 amide bonds. The molecule has 0 saturated heterocycles. The van der Waals surface area contributed by atoms with E-state index < -0.39 is 0 Å². The third kappa shape index (κ3) is 5.31. The summed E-state index contributed by atoms with van der Waals surface area (Å²) in [6.07, 6.45) is 1.55. The van der Waals surface area contributed by atoms with Crippen molar-refractivity contribution in [2.24, 2.45) is 5.10 Å². The molecule has 0 aliphatic heterocycles. The van der Waals surface area contributed by atoms with Crippen molar-refractivity contribution < 1.29 is 14.3 Å². The van der Waals surface area contributed by atoms with Crippen LogP contribution in [0.15, 0.2) is 53.6 Å². The first-order valence-corrected chi connectivity index (χ1v) is 7.64. The minimum Gasteiger partial charge on any atom is -0.496 e. The molecule has 0 radical (unpaired) electrons. The fraction of sp³-hybridized carbons (Fsp3) is 0.222. The van der Waals surface area contributed by atoms with Crippen LogP contribution >= 0.6 is 0 Å². The summed E-state index contributed by atoms with van der Waals surface area (Å²) in [7, 11) is 1.59. The molecule has 0 unspecified atom stereocenters. The molecular weight excluding hydrogens is 306 g/mol. The Labute approximate surface area is 141 Å². The van der Waals surface area contributed by atoms with Gasteiger partial charge >= 0.3 is 0 Å². The molecule has 0 heterocycles. The maximum atomic E-state index is 11.8. The van der Waals surface area contributed by atoms with E-state index in [1.807, 2.05) is 55.5 Å². The monoisotopic (exact) mass is 327 g/mol. The Morgan fingerprint density at radius 1 is 1.17 bits per heavy atom. The molecule has 0 bridgehead atoms. The number of rotatable bonds is 8. The number of carbonyl (C=O) groups is 1. The fourth-order valence-corrected chi connectivity index (χ4v) is 2.00. The normalized spacial score (nSPS) is 10.4. The number of nitrogens with one attached hydrogen (secondary N) is 2. The van der Waals surface area contributed by atoms with Crippen LogP contribution in [0.2, 0.25) is 0 Å². The molecule has 2 rings (SSSR count). The number of para-hydroxylation sites is 1. The highest BCUT2D eigenvalue weighted by Crippen LogP contribution is 2.15. The third-order valence-electron chi connectivity index (χ3n) is 3.15. The van der Waals surface area contributed by atoms with Crippen molar-refractivity contribution in [2.75, 3.05) is 25.6 Å². The van der Waals surface area contributed by atoms with Crippen molar-refractivity contribution in [3.63, 3.8) is 0 Å². The lowest BCUT2D eigenvalue weighted by Crippen LogP contribution is -2.25. The highest BCUT2D eigenvalue weighted by molar-refractivity contribution is 5.86. The lowest BCUT2D eigenvalue weighted by Gasteiger charge is -2.07. The summed E-state index contributed by atoms with van der Waals surface area (Å²) in [5.74, 6) is 1.26. The van der Waals surface area contributed by atoms with E-state index in [-0.39, 0.29) is 12.5 Å². The molecule has 0 atom stereocenters. The zero-order valence-electron chi connectivity index (χ0n) is 13.8. The number of hydrogen-bond donors (Lipinski definition) is 2. The van der Waals surface area contributed by atoms with Crippen LogP contribution in [0.3, 0.4) is 0 Å². The molecule has 0 spiro atoms. The maximum Gasteiger partial charge on any atom is 0.259 e. The van der Waals surface area contributed by atoms with Crippen molar-refractivity contribution in [3.8, 4) is 11.5 Å². The Morgan fingerprint density at radius 3 is 2.62 bits per heavy atom. The van der Waals surface area contributed by atoms with Crippen LogP contribution < -0.4 is 20.2 Å². The van der Waals surface area contributed by atoms with Gasteiger partial charge in [0, 0.05) is 11.3 Å². The van der Waals surface area contributed by atoms with Crippen LogP contribution in [0.5, 0.6) is 11.5 Å². The van der Waals surface area contributed by atoms with Crippen molar-refractivity contribution in [1.82, 2.24) is 5.43 Å². The summed E-state index contributed by atoms with van der Waals surface area (Å²) in [5.41, 5.74) is 4.10. The van der Waals surface area contributed by atoms with Crippen LogP contribution in [-0.2, 0) is 4.79 Å². The number of methoxy groups -OCH3 is 1. The molecule has 0 aliphatic carbocycles. The van der Waals surface area contributed by atoms with E-state index in [1.54, 1.807) is 13.3 Å². The summed E-state index contributed by atoms with van der Waals surface area (Å²) < 4.78 is 10.6. The smallest absolute Gasteiger partial charge is 0.259 e. The summed E-state index contributed by atoms with van der Waals surface area (Å²) in [5, 5.41) is 6.96. The zero-order chi connectivity index (χ0) is 17.2. The van der Waals surface area contributed by atoms with E-state index in [4.69, 9.17) is 9.47 Å². The highest BCUT2D eigenvalue weighted by atomic mass is 16.5. The average Bonchev–Trinajstić information content (AvgIpc) is 2.62. The molecule has 0 saturated carbocycles. The first-order chi connectivity index (χ1) is 11.7. The number of hydrazone groups is 1. The van der Waals surface area contributed by atoms with Crippen molar-refractivity contribution >= 4 is 17.8 Å². The topological polar surface area (TPSA) is 72.0 Å². The van der Waals surface area contributed by atoms with Crippen molar-refractivity contribution in [2.45, 2.75) is 6.92 Å². The summed E-state index contributed by atoms with van der Waals surface area (Å²) in [6.45, 7) is 2.68. The van der Waals surface area contributed by atoms with Gasteiger partial charge in [0.05, 0.1) is 26.5 Å². The third-order valence-corrected chi connectivity index (χ3v) is 3.15. The van der Waals surface area contributed by atoms with E-state index in [0.29, 0.717) is 12.4 Å². The van der Waals surface area contributed by atoms with Gasteiger partial charge < -0.3 is 14.8 Å². The number of hydrogen-bond acceptors (Lipinski definition) is 5. The quantitative estimate of drug-likeness (QED) is 0.577. The van der Waals surface area contributed by atoms with Crippen molar-refractivity contribution in [3.05, 3.63) is 54.1 Å². The second-order valence-electron chi connectivity index (χ2n) is 4.85. The van der Waals surface area contributed by atoms with Gasteiger partial charge in [-0.1, -0.05) is 12.1 Å². The molecule has 0 aromatic heterocycles. The van der Waals surface area contributed by atoms with E-state index in [0.717, 1.165) is 17.0 Å². The molecule has 24 heavy (non-hydrogen) atoms. The average molecular weight is 327 g/mol. The minimum atomic E-state index is -0.241. The van der Waals surface area contributed by atoms with Gasteiger partial charge in [-0.05, 0) is 43.3 Å². The largest absolute Gasteiger partial charge is 0.496 e. The van der Waals surface area contributed by atoms with E-state index in [2.05, 4.69) is 15.8 Å². The second kappa shape index (κ2) is 9.19. The van der Waals surface area contributed by atoms with Gasteiger partial charge in [-0.25, -0.2) is 5.43 Å². The van der Waals surface area contributed by atoms with Gasteiger partial charge in [0.15, 0.2) is 0 Å². The summed E-state index contributed by atoms with van der Waals surface area (Å²) in [4.78, 5) is 11.8. The van der Waals surface area contributed by atoms with E-state index in [9.17, 15) is 4.79 Å². The van der Waals surface area contributed by atoms with Gasteiger partial charge in [-0.15, -0.1) is 0 Å². The first-order valence-electron chi connectivity index (χ1n) is 7.64. The second-order valence-corrected chi connectivity index (χ2v) is 4.85. The van der Waals surface area contributed by atoms with Crippen LogP contribution in [0.25, 0.3) is 0 Å². The van der Waals surface area contributed by atoms with E-state index >= 15 is 0 Å². The summed E-state index contributed by atoms with van der Waals surface area (Å²) >= 11 is 0. The highest BCUT2D eigenvalue weighted by Gasteiger charge is 2.01. The number of nitrogens with zero attached hydrogens (tertiary/aromatic N) is 1. The Bertz CT molecular complexity index is 684. The molecule has 2 aromatic carbocycles. The molecule has 126 valence electrons. The molecule has 6 nitrogen and oxygen atoms in total. The first kappa shape index (κ1) is 17.3. The minimum absolute atomic E-state index is 0.122. The Balaban J connectivity index is 1.79.